The molecule has 174 valence electrons. The number of carbonyl (C=O) groups excluding carboxylic acids is 1. The Morgan fingerprint density at radius 2 is 1.89 bits per heavy atom. The molecule has 0 aliphatic carbocycles. The number of fused-ring (bicyclic) bond motifs is 2. The average Bonchev–Trinajstić information content (AvgIpc) is 3.53. The number of pyridine rings is 1. The van der Waals surface area contributed by atoms with Crippen molar-refractivity contribution in [3.63, 3.8) is 0 Å². The van der Waals surface area contributed by atoms with E-state index in [1.54, 1.807) is 20.7 Å². The molecule has 0 bridgehead atoms. The first-order chi connectivity index (χ1) is 17.1. The van der Waals surface area contributed by atoms with Crippen LogP contribution in [0.15, 0.2) is 67.3 Å². The number of aromatic amines is 1. The van der Waals surface area contributed by atoms with Gasteiger partial charge in [0.05, 0.1) is 41.9 Å². The van der Waals surface area contributed by atoms with Crippen molar-refractivity contribution in [1.29, 1.82) is 0 Å². The van der Waals surface area contributed by atoms with Gasteiger partial charge >= 0.3 is 6.03 Å². The van der Waals surface area contributed by atoms with Crippen LogP contribution in [0.4, 0.5) is 21.9 Å². The normalized spacial score (nSPS) is 13.4. The predicted octanol–water partition coefficient (Wildman–Crippen LogP) is 4.43. The molecule has 0 saturated carbocycles. The molecule has 3 aromatic heterocycles. The number of nitrogens with zero attached hydrogens (tertiary/aromatic N) is 7. The Morgan fingerprint density at radius 1 is 1.06 bits per heavy atom. The summed E-state index contributed by atoms with van der Waals surface area (Å²) in [5.74, 6) is 1.28. The first-order valence-corrected chi connectivity index (χ1v) is 11.2. The molecule has 0 radical (unpaired) electrons. The fraction of sp³-hybridized carbons (Fsp3) is 0.160. The number of rotatable bonds is 5. The number of nitrogens with one attached hydrogen (secondary N) is 1. The first-order valence-electron chi connectivity index (χ1n) is 11.2. The number of carbonyl (C=O) groups is 1. The van der Waals surface area contributed by atoms with Crippen molar-refractivity contribution in [2.45, 2.75) is 13.5 Å². The summed E-state index contributed by atoms with van der Waals surface area (Å²) in [7, 11) is 1.88. The highest BCUT2D eigenvalue weighted by molar-refractivity contribution is 6.11. The summed E-state index contributed by atoms with van der Waals surface area (Å²) in [4.78, 5) is 26.2. The first kappa shape index (κ1) is 20.8. The van der Waals surface area contributed by atoms with Crippen LogP contribution in [0, 0.1) is 0 Å². The van der Waals surface area contributed by atoms with E-state index in [2.05, 4.69) is 25.3 Å². The van der Waals surface area contributed by atoms with Gasteiger partial charge < -0.3 is 4.74 Å². The van der Waals surface area contributed by atoms with Crippen LogP contribution in [0.1, 0.15) is 12.6 Å². The smallest absolute Gasteiger partial charge is 0.334 e. The number of ether oxygens (including phenoxy) is 1. The minimum absolute atomic E-state index is 0.177. The van der Waals surface area contributed by atoms with Gasteiger partial charge in [-0.25, -0.2) is 9.78 Å². The molecule has 4 heterocycles. The van der Waals surface area contributed by atoms with Gasteiger partial charge in [0.25, 0.3) is 0 Å². The van der Waals surface area contributed by atoms with Gasteiger partial charge in [-0.15, -0.1) is 0 Å². The Kier molecular flexibility index (Phi) is 4.91. The fourth-order valence-electron chi connectivity index (χ4n) is 4.33. The second-order valence-corrected chi connectivity index (χ2v) is 8.20. The summed E-state index contributed by atoms with van der Waals surface area (Å²) in [5.41, 5.74) is 4.71. The molecule has 10 nitrogen and oxygen atoms in total. The van der Waals surface area contributed by atoms with Crippen molar-refractivity contribution in [1.82, 2.24) is 29.9 Å². The summed E-state index contributed by atoms with van der Waals surface area (Å²) in [5, 5.41) is 12.2. The molecule has 10 heteroatoms. The van der Waals surface area contributed by atoms with Crippen LogP contribution in [0.3, 0.4) is 0 Å². The monoisotopic (exact) mass is 466 g/mol. The van der Waals surface area contributed by atoms with E-state index in [0.717, 1.165) is 27.8 Å². The van der Waals surface area contributed by atoms with Gasteiger partial charge in [0.2, 0.25) is 0 Å². The Bertz CT molecular complexity index is 1530. The zero-order valence-corrected chi connectivity index (χ0v) is 19.2. The van der Waals surface area contributed by atoms with Crippen LogP contribution in [-0.2, 0) is 13.6 Å². The molecule has 2 aromatic carbocycles. The average molecular weight is 467 g/mol. The summed E-state index contributed by atoms with van der Waals surface area (Å²) in [6, 6.07) is 15.1. The van der Waals surface area contributed by atoms with Gasteiger partial charge in [0.1, 0.15) is 12.1 Å². The molecule has 0 fully saturated rings. The predicted molar refractivity (Wildman–Crippen MR) is 132 cm³/mol. The molecule has 35 heavy (non-hydrogen) atoms. The van der Waals surface area contributed by atoms with Gasteiger partial charge in [-0.3, -0.25) is 24.6 Å². The second-order valence-electron chi connectivity index (χ2n) is 8.20. The zero-order valence-electron chi connectivity index (χ0n) is 19.2. The summed E-state index contributed by atoms with van der Waals surface area (Å²) >= 11 is 0. The van der Waals surface area contributed by atoms with Gasteiger partial charge in [-0.2, -0.15) is 10.2 Å². The molecule has 0 unspecified atom stereocenters. The highest BCUT2D eigenvalue weighted by Crippen LogP contribution is 2.38. The molecule has 1 N–H and O–H groups in total. The van der Waals surface area contributed by atoms with Gasteiger partial charge in [0.15, 0.2) is 5.82 Å². The lowest BCUT2D eigenvalue weighted by molar-refractivity contribution is 0.252. The minimum Gasteiger partial charge on any atom is -0.492 e. The maximum Gasteiger partial charge on any atom is 0.334 e. The molecule has 0 spiro atoms. The van der Waals surface area contributed by atoms with E-state index >= 15 is 0 Å². The van der Waals surface area contributed by atoms with E-state index in [1.165, 1.54) is 6.33 Å². The van der Waals surface area contributed by atoms with Gasteiger partial charge in [-0.05, 0) is 49.4 Å². The van der Waals surface area contributed by atoms with Crippen LogP contribution in [0.2, 0.25) is 0 Å². The number of hydrogen-bond acceptors (Lipinski definition) is 6. The van der Waals surface area contributed by atoms with Crippen molar-refractivity contribution < 1.29 is 9.53 Å². The van der Waals surface area contributed by atoms with E-state index < -0.39 is 0 Å². The summed E-state index contributed by atoms with van der Waals surface area (Å²) < 4.78 is 7.44. The number of anilines is 3. The molecule has 0 atom stereocenters. The highest BCUT2D eigenvalue weighted by atomic mass is 16.5. The van der Waals surface area contributed by atoms with Gasteiger partial charge in [0, 0.05) is 35.9 Å². The Morgan fingerprint density at radius 3 is 2.66 bits per heavy atom. The fourth-order valence-corrected chi connectivity index (χ4v) is 4.33. The van der Waals surface area contributed by atoms with Crippen LogP contribution in [0.25, 0.3) is 22.3 Å². The van der Waals surface area contributed by atoms with Crippen molar-refractivity contribution in [2.75, 3.05) is 16.4 Å². The molecule has 6 rings (SSSR count). The number of amides is 2. The molecule has 0 saturated heterocycles. The van der Waals surface area contributed by atoms with Crippen molar-refractivity contribution >= 4 is 34.0 Å². The lowest BCUT2D eigenvalue weighted by Gasteiger charge is -2.36. The van der Waals surface area contributed by atoms with Gasteiger partial charge in [-0.1, -0.05) is 0 Å². The largest absolute Gasteiger partial charge is 0.492 e. The third-order valence-corrected chi connectivity index (χ3v) is 5.93. The molecule has 5 aromatic rings. The Hall–Kier alpha value is -4.73. The van der Waals surface area contributed by atoms with E-state index in [-0.39, 0.29) is 6.03 Å². The number of urea groups is 1. The van der Waals surface area contributed by atoms with E-state index in [1.807, 2.05) is 68.7 Å². The molecule has 1 aliphatic rings. The highest BCUT2D eigenvalue weighted by Gasteiger charge is 2.34. The van der Waals surface area contributed by atoms with E-state index in [4.69, 9.17) is 4.74 Å². The van der Waals surface area contributed by atoms with Crippen LogP contribution < -0.4 is 14.5 Å². The lowest BCUT2D eigenvalue weighted by Crippen LogP contribution is -2.45. The van der Waals surface area contributed by atoms with E-state index in [9.17, 15) is 4.79 Å². The quantitative estimate of drug-likeness (QED) is 0.411. The van der Waals surface area contributed by atoms with Crippen LogP contribution in [0.5, 0.6) is 5.75 Å². The Labute approximate surface area is 200 Å². The summed E-state index contributed by atoms with van der Waals surface area (Å²) in [6.07, 6.45) is 5.10. The van der Waals surface area contributed by atoms with E-state index in [0.29, 0.717) is 36.1 Å². The second kappa shape index (κ2) is 8.24. The van der Waals surface area contributed by atoms with Crippen LogP contribution >= 0.6 is 0 Å². The number of aromatic nitrogens is 6. The molecular formula is C25H22N8O2. The molecular weight excluding hydrogens is 444 g/mol. The SMILES string of the molecule is CCOc1cnc2c(c1)N(c1ccc(-c3ncn[nH]3)cc1)C(=O)N(c1ccc3nn(C)cc3c1)C2. The zero-order chi connectivity index (χ0) is 23.9. The van der Waals surface area contributed by atoms with Crippen molar-refractivity contribution in [3.05, 3.63) is 72.9 Å². The maximum absolute atomic E-state index is 13.9. The minimum atomic E-state index is -0.177. The maximum atomic E-state index is 13.9. The molecule has 2 amide bonds. The van der Waals surface area contributed by atoms with Crippen molar-refractivity contribution in [2.24, 2.45) is 7.05 Å². The number of benzene rings is 2. The number of hydrogen-bond donors (Lipinski definition) is 1. The number of aryl methyl sites for hydroxylation is 1. The standard InChI is InChI=1S/C25H22N8O2/c1-3-35-20-11-23-22(26-12-20)14-32(19-8-9-21-17(10-19)13-31(2)30-21)25(34)33(23)18-6-4-16(5-7-18)24-27-15-28-29-24/h4-13,15H,3,14H2,1-2H3,(H,27,28,29). The van der Waals surface area contributed by atoms with Crippen molar-refractivity contribution in [3.8, 4) is 17.1 Å². The third-order valence-electron chi connectivity index (χ3n) is 5.93. The summed E-state index contributed by atoms with van der Waals surface area (Å²) in [6.45, 7) is 2.78. The lowest BCUT2D eigenvalue weighted by atomic mass is 10.1. The van der Waals surface area contributed by atoms with Crippen LogP contribution in [-0.4, -0.2) is 42.6 Å². The molecule has 1 aliphatic heterocycles. The Balaban J connectivity index is 1.44. The third kappa shape index (κ3) is 3.65. The topological polar surface area (TPSA) is 105 Å². The number of H-pyrrole nitrogens is 1.